The molecule has 0 unspecified atom stereocenters. The first-order chi connectivity index (χ1) is 8.60. The van der Waals surface area contributed by atoms with Crippen LogP contribution in [-0.2, 0) is 6.42 Å². The molecule has 1 aromatic carbocycles. The van der Waals surface area contributed by atoms with Gasteiger partial charge in [-0.25, -0.2) is 18.7 Å². The van der Waals surface area contributed by atoms with Crippen LogP contribution in [0.2, 0.25) is 0 Å². The van der Waals surface area contributed by atoms with Crippen LogP contribution in [0.5, 0.6) is 0 Å². The molecule has 0 atom stereocenters. The summed E-state index contributed by atoms with van der Waals surface area (Å²) < 4.78 is 26.5. The van der Waals surface area contributed by atoms with Gasteiger partial charge < -0.3 is 5.73 Å². The molecule has 2 N–H and O–H groups in total. The summed E-state index contributed by atoms with van der Waals surface area (Å²) in [7, 11) is 0. The molecule has 0 aliphatic heterocycles. The number of halogens is 2. The summed E-state index contributed by atoms with van der Waals surface area (Å²) in [4.78, 5) is 8.44. The highest BCUT2D eigenvalue weighted by atomic mass is 19.1. The highest BCUT2D eigenvalue weighted by molar-refractivity contribution is 5.60. The molecule has 0 bridgehead atoms. The molecule has 0 radical (unpaired) electrons. The van der Waals surface area contributed by atoms with Gasteiger partial charge in [0.25, 0.3) is 0 Å². The second kappa shape index (κ2) is 5.18. The third-order valence-electron chi connectivity index (χ3n) is 2.48. The lowest BCUT2D eigenvalue weighted by Crippen LogP contribution is -2.08. The first kappa shape index (κ1) is 12.6. The van der Waals surface area contributed by atoms with Crippen molar-refractivity contribution in [2.75, 3.05) is 6.54 Å². The quantitative estimate of drug-likeness (QED) is 0.907. The number of aryl methyl sites for hydroxylation is 1. The molecule has 2 rings (SSSR count). The minimum Gasteiger partial charge on any atom is -0.330 e. The predicted molar refractivity (Wildman–Crippen MR) is 64.9 cm³/mol. The van der Waals surface area contributed by atoms with Gasteiger partial charge in [0.15, 0.2) is 0 Å². The van der Waals surface area contributed by atoms with Crippen LogP contribution in [0.4, 0.5) is 8.78 Å². The van der Waals surface area contributed by atoms with Crippen LogP contribution in [0, 0.1) is 18.6 Å². The molecule has 94 valence electrons. The van der Waals surface area contributed by atoms with Crippen molar-refractivity contribution < 1.29 is 8.78 Å². The van der Waals surface area contributed by atoms with Gasteiger partial charge >= 0.3 is 0 Å². The van der Waals surface area contributed by atoms with Crippen molar-refractivity contribution in [1.82, 2.24) is 9.97 Å². The Balaban J connectivity index is 2.49. The van der Waals surface area contributed by atoms with Gasteiger partial charge in [-0.1, -0.05) is 0 Å². The molecule has 0 aliphatic rings. The smallest absolute Gasteiger partial charge is 0.135 e. The van der Waals surface area contributed by atoms with Gasteiger partial charge in [0.05, 0.1) is 5.69 Å². The lowest BCUT2D eigenvalue weighted by Gasteiger charge is -2.06. The zero-order valence-electron chi connectivity index (χ0n) is 9.95. The fourth-order valence-corrected chi connectivity index (χ4v) is 1.71. The Labute approximate surface area is 104 Å². The summed E-state index contributed by atoms with van der Waals surface area (Å²) in [6, 6.07) is 5.09. The molecule has 3 nitrogen and oxygen atoms in total. The number of hydrogen-bond donors (Lipinski definition) is 1. The van der Waals surface area contributed by atoms with Gasteiger partial charge in [-0.15, -0.1) is 0 Å². The van der Waals surface area contributed by atoms with Crippen molar-refractivity contribution in [3.05, 3.63) is 47.4 Å². The normalized spacial score (nSPS) is 10.7. The summed E-state index contributed by atoms with van der Waals surface area (Å²) in [5, 5.41) is 0. The summed E-state index contributed by atoms with van der Waals surface area (Å²) >= 11 is 0. The predicted octanol–water partition coefficient (Wildman–Crippen LogP) is 2.23. The molecule has 0 spiro atoms. The van der Waals surface area contributed by atoms with E-state index in [2.05, 4.69) is 9.97 Å². The third-order valence-corrected chi connectivity index (χ3v) is 2.48. The average molecular weight is 249 g/mol. The van der Waals surface area contributed by atoms with Crippen molar-refractivity contribution in [3.63, 3.8) is 0 Å². The second-order valence-electron chi connectivity index (χ2n) is 3.97. The Bertz CT molecular complexity index is 570. The molecule has 0 saturated heterocycles. The topological polar surface area (TPSA) is 51.8 Å². The van der Waals surface area contributed by atoms with Crippen LogP contribution in [0.1, 0.15) is 11.5 Å². The van der Waals surface area contributed by atoms with E-state index in [0.717, 1.165) is 11.8 Å². The number of nitrogens with two attached hydrogens (primary N) is 1. The van der Waals surface area contributed by atoms with Crippen LogP contribution in [0.15, 0.2) is 24.3 Å². The van der Waals surface area contributed by atoms with Gasteiger partial charge in [0.1, 0.15) is 17.5 Å². The van der Waals surface area contributed by atoms with Gasteiger partial charge in [-0.05, 0) is 31.7 Å². The summed E-state index contributed by atoms with van der Waals surface area (Å²) in [6.07, 6.45) is 0.525. The van der Waals surface area contributed by atoms with E-state index < -0.39 is 11.6 Å². The first-order valence-corrected chi connectivity index (χ1v) is 5.60. The highest BCUT2D eigenvalue weighted by Crippen LogP contribution is 2.22. The second-order valence-corrected chi connectivity index (χ2v) is 3.97. The van der Waals surface area contributed by atoms with Crippen molar-refractivity contribution in [3.8, 4) is 11.3 Å². The van der Waals surface area contributed by atoms with Crippen molar-refractivity contribution >= 4 is 0 Å². The molecule has 1 heterocycles. The molecule has 1 aromatic heterocycles. The fraction of sp³-hybridized carbons (Fsp3) is 0.231. The lowest BCUT2D eigenvalue weighted by molar-refractivity contribution is 0.585. The van der Waals surface area contributed by atoms with Gasteiger partial charge in [0, 0.05) is 23.7 Å². The number of aromatic nitrogens is 2. The Hall–Kier alpha value is -1.88. The summed E-state index contributed by atoms with van der Waals surface area (Å²) in [5.74, 6) is -0.674. The first-order valence-electron chi connectivity index (χ1n) is 5.60. The molecule has 0 aliphatic carbocycles. The van der Waals surface area contributed by atoms with Gasteiger partial charge in [0.2, 0.25) is 0 Å². The Morgan fingerprint density at radius 3 is 2.61 bits per heavy atom. The fourth-order valence-electron chi connectivity index (χ4n) is 1.71. The van der Waals surface area contributed by atoms with Crippen molar-refractivity contribution in [1.29, 1.82) is 0 Å². The number of rotatable bonds is 3. The number of hydrogen-bond acceptors (Lipinski definition) is 3. The van der Waals surface area contributed by atoms with E-state index in [4.69, 9.17) is 5.73 Å². The van der Waals surface area contributed by atoms with Crippen LogP contribution in [0.3, 0.4) is 0 Å². The Kier molecular flexibility index (Phi) is 3.62. The van der Waals surface area contributed by atoms with Crippen molar-refractivity contribution in [2.45, 2.75) is 13.3 Å². The molecular weight excluding hydrogens is 236 g/mol. The molecule has 0 amide bonds. The van der Waals surface area contributed by atoms with E-state index in [-0.39, 0.29) is 5.56 Å². The molecule has 0 fully saturated rings. The van der Waals surface area contributed by atoms with Gasteiger partial charge in [-0.2, -0.15) is 0 Å². The Morgan fingerprint density at radius 2 is 1.94 bits per heavy atom. The summed E-state index contributed by atoms with van der Waals surface area (Å²) in [6.45, 7) is 2.22. The van der Waals surface area contributed by atoms with Crippen LogP contribution >= 0.6 is 0 Å². The van der Waals surface area contributed by atoms with E-state index >= 15 is 0 Å². The van der Waals surface area contributed by atoms with Crippen LogP contribution < -0.4 is 5.73 Å². The van der Waals surface area contributed by atoms with E-state index in [1.54, 1.807) is 13.0 Å². The minimum absolute atomic E-state index is 0.264. The zero-order valence-corrected chi connectivity index (χ0v) is 9.95. The molecule has 18 heavy (non-hydrogen) atoms. The summed E-state index contributed by atoms with van der Waals surface area (Å²) in [5.41, 5.74) is 6.89. The molecule has 2 aromatic rings. The minimum atomic E-state index is -0.633. The van der Waals surface area contributed by atoms with Crippen LogP contribution in [-0.4, -0.2) is 16.5 Å². The lowest BCUT2D eigenvalue weighted by atomic mass is 10.1. The maximum Gasteiger partial charge on any atom is 0.135 e. The standard InChI is InChI=1S/C13H13F2N3/c1-8-6-12(18-13(17-8)4-5-16)10-3-2-9(14)7-11(10)15/h2-3,6-7H,4-5,16H2,1H3. The molecule has 0 saturated carbocycles. The largest absolute Gasteiger partial charge is 0.330 e. The third kappa shape index (κ3) is 2.68. The molecular formula is C13H13F2N3. The number of benzene rings is 1. The maximum atomic E-state index is 13.7. The molecule has 5 heteroatoms. The van der Waals surface area contributed by atoms with Crippen molar-refractivity contribution in [2.24, 2.45) is 5.73 Å². The van der Waals surface area contributed by atoms with Crippen LogP contribution in [0.25, 0.3) is 11.3 Å². The van der Waals surface area contributed by atoms with Gasteiger partial charge in [-0.3, -0.25) is 0 Å². The zero-order chi connectivity index (χ0) is 13.1. The average Bonchev–Trinajstić information content (AvgIpc) is 2.28. The van der Waals surface area contributed by atoms with E-state index in [1.807, 2.05) is 0 Å². The monoisotopic (exact) mass is 249 g/mol. The van der Waals surface area contributed by atoms with E-state index in [9.17, 15) is 8.78 Å². The maximum absolute atomic E-state index is 13.7. The van der Waals surface area contributed by atoms with E-state index in [1.165, 1.54) is 12.1 Å². The SMILES string of the molecule is Cc1cc(-c2ccc(F)cc2F)nc(CCN)n1. The number of nitrogens with zero attached hydrogens (tertiary/aromatic N) is 2. The Morgan fingerprint density at radius 1 is 1.17 bits per heavy atom. The van der Waals surface area contributed by atoms with E-state index in [0.29, 0.717) is 24.5 Å². The highest BCUT2D eigenvalue weighted by Gasteiger charge is 2.10.